The minimum atomic E-state index is -4.48. The molecule has 0 amide bonds. The molecular weight excluding hydrogens is 302 g/mol. The number of hydrogen-bond donors (Lipinski definition) is 0. The topological polar surface area (TPSA) is 66.4 Å². The Morgan fingerprint density at radius 1 is 0.842 bits per heavy atom. The molecule has 0 aliphatic heterocycles. The van der Waals surface area contributed by atoms with E-state index in [1.54, 1.807) is 0 Å². The number of unbranched alkanes of at least 4 members (excludes halogenated alkanes) is 9. The molecule has 4 nitrogen and oxygen atoms in total. The average Bonchev–Trinajstić information content (AvgIpc) is 2.24. The minimum absolute atomic E-state index is 0. The Morgan fingerprint density at radius 2 is 1.21 bits per heavy atom. The van der Waals surface area contributed by atoms with Gasteiger partial charge in [-0.05, 0) is 6.42 Å². The number of rotatable bonds is 12. The van der Waals surface area contributed by atoms with E-state index < -0.39 is 10.4 Å². The van der Waals surface area contributed by atoms with Crippen LogP contribution >= 0.6 is 0 Å². The van der Waals surface area contributed by atoms with E-state index in [9.17, 15) is 13.0 Å². The molecular formula is C12H25KNaO4S+. The molecule has 0 aromatic rings. The van der Waals surface area contributed by atoms with Crippen molar-refractivity contribution in [1.29, 1.82) is 0 Å². The van der Waals surface area contributed by atoms with Gasteiger partial charge >= 0.3 is 80.9 Å². The van der Waals surface area contributed by atoms with Gasteiger partial charge in [0, 0.05) is 0 Å². The Kier molecular flexibility index (Phi) is 25.8. The van der Waals surface area contributed by atoms with Crippen LogP contribution in [0.1, 0.15) is 71.1 Å². The monoisotopic (exact) mass is 327 g/mol. The molecule has 104 valence electrons. The van der Waals surface area contributed by atoms with E-state index in [1.807, 2.05) is 0 Å². The summed E-state index contributed by atoms with van der Waals surface area (Å²) in [6.45, 7) is 2.24. The summed E-state index contributed by atoms with van der Waals surface area (Å²) in [7, 11) is -4.48. The summed E-state index contributed by atoms with van der Waals surface area (Å²) < 4.78 is 34.5. The van der Waals surface area contributed by atoms with Gasteiger partial charge in [-0.1, -0.05) is 64.7 Å². The molecule has 0 saturated carbocycles. The van der Waals surface area contributed by atoms with E-state index in [0.717, 1.165) is 12.8 Å². The summed E-state index contributed by atoms with van der Waals surface area (Å²) in [5.74, 6) is 0. The van der Waals surface area contributed by atoms with Crippen LogP contribution in [0.5, 0.6) is 0 Å². The summed E-state index contributed by atoms with van der Waals surface area (Å²) in [5, 5.41) is 0. The third-order valence-corrected chi connectivity index (χ3v) is 3.18. The van der Waals surface area contributed by atoms with Crippen molar-refractivity contribution in [3.8, 4) is 0 Å². The van der Waals surface area contributed by atoms with Gasteiger partial charge in [0.1, 0.15) is 0 Å². The van der Waals surface area contributed by atoms with Crippen LogP contribution in [0.4, 0.5) is 0 Å². The fraction of sp³-hybridized carbons (Fsp3) is 1.00. The molecule has 0 unspecified atom stereocenters. The fourth-order valence-electron chi connectivity index (χ4n) is 1.75. The summed E-state index contributed by atoms with van der Waals surface area (Å²) in [4.78, 5) is 0. The Morgan fingerprint density at radius 3 is 1.58 bits per heavy atom. The number of hydrogen-bond acceptors (Lipinski definition) is 4. The van der Waals surface area contributed by atoms with Crippen LogP contribution in [0.15, 0.2) is 0 Å². The molecule has 0 atom stereocenters. The summed E-state index contributed by atoms with van der Waals surface area (Å²) in [6.07, 6.45) is 11.7. The van der Waals surface area contributed by atoms with Gasteiger partial charge in [-0.25, -0.2) is 8.42 Å². The maximum Gasteiger partial charge on any atom is 1.00 e. The van der Waals surface area contributed by atoms with Crippen molar-refractivity contribution in [2.75, 3.05) is 6.61 Å². The van der Waals surface area contributed by atoms with Crippen molar-refractivity contribution in [2.45, 2.75) is 71.1 Å². The average molecular weight is 327 g/mol. The smallest absolute Gasteiger partial charge is 0.726 e. The van der Waals surface area contributed by atoms with E-state index in [-0.39, 0.29) is 87.5 Å². The SMILES string of the molecule is CCCCCCCCCCCCOS(=O)(=O)[O-].[K+].[Na+]. The van der Waals surface area contributed by atoms with Gasteiger partial charge in [0.15, 0.2) is 0 Å². The molecule has 0 aliphatic carbocycles. The van der Waals surface area contributed by atoms with E-state index >= 15 is 0 Å². The third kappa shape index (κ3) is 25.8. The molecule has 0 fully saturated rings. The van der Waals surface area contributed by atoms with Crippen LogP contribution in [0.3, 0.4) is 0 Å². The molecule has 0 aliphatic rings. The van der Waals surface area contributed by atoms with E-state index in [4.69, 9.17) is 0 Å². The van der Waals surface area contributed by atoms with E-state index in [1.165, 1.54) is 44.9 Å². The van der Waals surface area contributed by atoms with Gasteiger partial charge in [0.25, 0.3) is 0 Å². The predicted molar refractivity (Wildman–Crippen MR) is 67.5 cm³/mol. The Bertz CT molecular complexity index is 260. The molecule has 0 radical (unpaired) electrons. The molecule has 0 rings (SSSR count). The second-order valence-electron chi connectivity index (χ2n) is 4.41. The predicted octanol–water partition coefficient (Wildman–Crippen LogP) is -2.61. The second kappa shape index (κ2) is 18.6. The van der Waals surface area contributed by atoms with Crippen LogP contribution in [0.25, 0.3) is 0 Å². The second-order valence-corrected chi connectivity index (χ2v) is 5.46. The Balaban J connectivity index is -0.00000128. The van der Waals surface area contributed by atoms with Gasteiger partial charge < -0.3 is 4.55 Å². The Labute approximate surface area is 183 Å². The zero-order valence-electron chi connectivity index (χ0n) is 12.8. The van der Waals surface area contributed by atoms with Gasteiger partial charge in [-0.3, -0.25) is 4.18 Å². The summed E-state index contributed by atoms with van der Waals surface area (Å²) in [5.41, 5.74) is 0. The molecule has 19 heavy (non-hydrogen) atoms. The molecule has 0 heterocycles. The van der Waals surface area contributed by atoms with E-state index in [2.05, 4.69) is 11.1 Å². The molecule has 0 bridgehead atoms. The molecule has 7 heteroatoms. The van der Waals surface area contributed by atoms with Crippen LogP contribution in [0, 0.1) is 0 Å². The first-order valence-corrected chi connectivity index (χ1v) is 8.00. The molecule has 0 saturated heterocycles. The minimum Gasteiger partial charge on any atom is -0.726 e. The van der Waals surface area contributed by atoms with Crippen molar-refractivity contribution in [3.63, 3.8) is 0 Å². The van der Waals surface area contributed by atoms with Crippen molar-refractivity contribution in [1.82, 2.24) is 0 Å². The fourth-order valence-corrected chi connectivity index (χ4v) is 2.07. The molecule has 0 spiro atoms. The van der Waals surface area contributed by atoms with Gasteiger partial charge in [0.2, 0.25) is 10.4 Å². The normalized spacial score (nSPS) is 10.6. The standard InChI is InChI=1S/C12H26O4S.K.Na/c1-2-3-4-5-6-7-8-9-10-11-12-16-17(13,14)15;;/h2-12H2,1H3,(H,13,14,15);;/q;2*+1/p-1. The molecule has 0 N–H and O–H groups in total. The first-order chi connectivity index (χ1) is 8.06. The largest absolute Gasteiger partial charge is 1.00 e. The summed E-state index contributed by atoms with van der Waals surface area (Å²) >= 11 is 0. The van der Waals surface area contributed by atoms with Gasteiger partial charge in [0.05, 0.1) is 6.61 Å². The Hall–Kier alpha value is 2.51. The first-order valence-electron chi connectivity index (χ1n) is 6.66. The zero-order chi connectivity index (χ0) is 13.0. The van der Waals surface area contributed by atoms with Crippen LogP contribution in [0.2, 0.25) is 0 Å². The summed E-state index contributed by atoms with van der Waals surface area (Å²) in [6, 6.07) is 0. The van der Waals surface area contributed by atoms with Crippen molar-refractivity contribution >= 4 is 10.4 Å². The van der Waals surface area contributed by atoms with Crippen LogP contribution in [-0.4, -0.2) is 19.6 Å². The van der Waals surface area contributed by atoms with E-state index in [0.29, 0.717) is 6.42 Å². The molecule has 0 aromatic heterocycles. The maximum absolute atomic E-state index is 10.1. The van der Waals surface area contributed by atoms with Gasteiger partial charge in [-0.2, -0.15) is 0 Å². The quantitative estimate of drug-likeness (QED) is 0.171. The van der Waals surface area contributed by atoms with Gasteiger partial charge in [-0.15, -0.1) is 0 Å². The van der Waals surface area contributed by atoms with Crippen LogP contribution < -0.4 is 80.9 Å². The maximum atomic E-state index is 10.1. The zero-order valence-corrected chi connectivity index (χ0v) is 18.8. The van der Waals surface area contributed by atoms with Crippen molar-refractivity contribution in [2.24, 2.45) is 0 Å². The van der Waals surface area contributed by atoms with Crippen molar-refractivity contribution in [3.05, 3.63) is 0 Å². The third-order valence-electron chi connectivity index (χ3n) is 2.73. The van der Waals surface area contributed by atoms with Crippen LogP contribution in [-0.2, 0) is 14.6 Å². The first kappa shape index (κ1) is 26.4. The van der Waals surface area contributed by atoms with Crippen molar-refractivity contribution < 1.29 is 98.1 Å². The molecule has 0 aromatic carbocycles.